The summed E-state index contributed by atoms with van der Waals surface area (Å²) in [6.07, 6.45) is 3.07. The minimum absolute atomic E-state index is 0.129. The second-order valence-corrected chi connectivity index (χ2v) is 2.08. The van der Waals surface area contributed by atoms with E-state index < -0.39 is 0 Å². The van der Waals surface area contributed by atoms with Crippen LogP contribution >= 0.6 is 0 Å². The van der Waals surface area contributed by atoms with Crippen LogP contribution < -0.4 is 0 Å². The molecule has 1 rings (SSSR count). The van der Waals surface area contributed by atoms with E-state index in [4.69, 9.17) is 10.5 Å². The number of rotatable bonds is 0. The van der Waals surface area contributed by atoms with Crippen molar-refractivity contribution in [2.75, 3.05) is 0 Å². The largest absolute Gasteiger partial charge is 0.288 e. The average molecular weight is 144 g/mol. The van der Waals surface area contributed by atoms with Gasteiger partial charge in [-0.2, -0.15) is 10.5 Å². The van der Waals surface area contributed by atoms with Crippen LogP contribution in [0.1, 0.15) is 6.42 Å². The molecule has 0 radical (unpaired) electrons. The molecule has 0 saturated carbocycles. The predicted octanol–water partition coefficient (Wildman–Crippen LogP) is 0.859. The number of nitriles is 2. The Bertz CT molecular complexity index is 336. The lowest BCUT2D eigenvalue weighted by molar-refractivity contribution is -0.111. The van der Waals surface area contributed by atoms with Crippen LogP contribution in [0, 0.1) is 22.7 Å². The summed E-state index contributed by atoms with van der Waals surface area (Å²) in [5.74, 6) is -0.365. The standard InChI is InChI=1S/C8H4N2O/c9-4-6-1-2-7(5-10)8(11)3-6/h2-3H,1H2. The molecule has 0 aromatic rings. The van der Waals surface area contributed by atoms with E-state index in [0.29, 0.717) is 12.0 Å². The van der Waals surface area contributed by atoms with Gasteiger partial charge in [0.2, 0.25) is 0 Å². The quantitative estimate of drug-likeness (QED) is 0.506. The van der Waals surface area contributed by atoms with E-state index in [1.54, 1.807) is 6.07 Å². The summed E-state index contributed by atoms with van der Waals surface area (Å²) < 4.78 is 0. The van der Waals surface area contributed by atoms with E-state index in [1.165, 1.54) is 12.2 Å². The van der Waals surface area contributed by atoms with Gasteiger partial charge in [-0.3, -0.25) is 4.79 Å². The summed E-state index contributed by atoms with van der Waals surface area (Å²) in [4.78, 5) is 10.9. The average Bonchev–Trinajstić information content (AvgIpc) is 2.04. The summed E-state index contributed by atoms with van der Waals surface area (Å²) >= 11 is 0. The molecule has 0 fully saturated rings. The number of carbonyl (C=O) groups excluding carboxylic acids is 1. The Morgan fingerprint density at radius 1 is 1.36 bits per heavy atom. The molecule has 0 unspecified atom stereocenters. The summed E-state index contributed by atoms with van der Waals surface area (Å²) in [5.41, 5.74) is 0.540. The van der Waals surface area contributed by atoms with Crippen LogP contribution in [-0.4, -0.2) is 5.78 Å². The number of nitrogens with zero attached hydrogens (tertiary/aromatic N) is 2. The second-order valence-electron chi connectivity index (χ2n) is 2.08. The summed E-state index contributed by atoms with van der Waals surface area (Å²) in [5, 5.41) is 16.8. The van der Waals surface area contributed by atoms with Gasteiger partial charge in [-0.05, 0) is 0 Å². The number of hydrogen-bond donors (Lipinski definition) is 0. The number of ketones is 1. The molecular formula is C8H4N2O. The number of hydrogen-bond acceptors (Lipinski definition) is 3. The Labute approximate surface area is 63.9 Å². The van der Waals surface area contributed by atoms with Gasteiger partial charge in [-0.1, -0.05) is 6.08 Å². The van der Waals surface area contributed by atoms with E-state index in [1.807, 2.05) is 6.07 Å². The normalized spacial score (nSPS) is 16.0. The monoisotopic (exact) mass is 144 g/mol. The molecule has 0 spiro atoms. The highest BCUT2D eigenvalue weighted by Gasteiger charge is 2.12. The Morgan fingerprint density at radius 3 is 2.55 bits per heavy atom. The van der Waals surface area contributed by atoms with Crippen molar-refractivity contribution in [3.63, 3.8) is 0 Å². The molecule has 3 heteroatoms. The third-order valence-corrected chi connectivity index (χ3v) is 1.36. The van der Waals surface area contributed by atoms with Crippen molar-refractivity contribution in [1.82, 2.24) is 0 Å². The molecule has 0 atom stereocenters. The molecule has 0 N–H and O–H groups in total. The van der Waals surface area contributed by atoms with Gasteiger partial charge in [0.15, 0.2) is 5.78 Å². The first-order valence-electron chi connectivity index (χ1n) is 3.03. The predicted molar refractivity (Wildman–Crippen MR) is 37.0 cm³/mol. The van der Waals surface area contributed by atoms with Crippen molar-refractivity contribution >= 4 is 5.78 Å². The van der Waals surface area contributed by atoms with Crippen LogP contribution in [-0.2, 0) is 4.79 Å². The van der Waals surface area contributed by atoms with E-state index in [9.17, 15) is 4.79 Å². The van der Waals surface area contributed by atoms with Crippen molar-refractivity contribution in [1.29, 1.82) is 10.5 Å². The zero-order valence-corrected chi connectivity index (χ0v) is 5.66. The van der Waals surface area contributed by atoms with Gasteiger partial charge in [0.1, 0.15) is 6.07 Å². The highest BCUT2D eigenvalue weighted by molar-refractivity contribution is 6.08. The summed E-state index contributed by atoms with van der Waals surface area (Å²) in [6, 6.07) is 3.62. The van der Waals surface area contributed by atoms with E-state index >= 15 is 0 Å². The minimum Gasteiger partial charge on any atom is -0.288 e. The molecule has 52 valence electrons. The van der Waals surface area contributed by atoms with Crippen LogP contribution in [0.15, 0.2) is 23.3 Å². The molecule has 0 amide bonds. The second kappa shape index (κ2) is 2.81. The zero-order valence-electron chi connectivity index (χ0n) is 5.66. The van der Waals surface area contributed by atoms with Gasteiger partial charge in [0.25, 0.3) is 0 Å². The molecular weight excluding hydrogens is 140 g/mol. The van der Waals surface area contributed by atoms with Crippen LogP contribution in [0.2, 0.25) is 0 Å². The van der Waals surface area contributed by atoms with Crippen LogP contribution in [0.25, 0.3) is 0 Å². The van der Waals surface area contributed by atoms with Crippen LogP contribution in [0.4, 0.5) is 0 Å². The van der Waals surface area contributed by atoms with Crippen molar-refractivity contribution < 1.29 is 4.79 Å². The fraction of sp³-hybridized carbons (Fsp3) is 0.125. The molecule has 0 aliphatic heterocycles. The number of allylic oxidation sites excluding steroid dienone is 4. The Kier molecular flexibility index (Phi) is 1.85. The van der Waals surface area contributed by atoms with E-state index in [0.717, 1.165) is 0 Å². The maximum Gasteiger partial charge on any atom is 0.197 e. The fourth-order valence-electron chi connectivity index (χ4n) is 0.786. The fourth-order valence-corrected chi connectivity index (χ4v) is 0.786. The van der Waals surface area contributed by atoms with Gasteiger partial charge in [-0.15, -0.1) is 0 Å². The van der Waals surface area contributed by atoms with Crippen molar-refractivity contribution in [3.8, 4) is 12.1 Å². The third-order valence-electron chi connectivity index (χ3n) is 1.36. The van der Waals surface area contributed by atoms with Crippen LogP contribution in [0.3, 0.4) is 0 Å². The van der Waals surface area contributed by atoms with Gasteiger partial charge < -0.3 is 0 Å². The number of carbonyl (C=O) groups is 1. The molecule has 0 saturated heterocycles. The summed E-state index contributed by atoms with van der Waals surface area (Å²) in [6.45, 7) is 0. The van der Waals surface area contributed by atoms with Crippen molar-refractivity contribution in [2.24, 2.45) is 0 Å². The molecule has 11 heavy (non-hydrogen) atoms. The SMILES string of the molecule is N#CC1=CC(=O)C(C#N)=CC1. The lowest BCUT2D eigenvalue weighted by atomic mass is 10.0. The third kappa shape index (κ3) is 1.33. The van der Waals surface area contributed by atoms with Crippen LogP contribution in [0.5, 0.6) is 0 Å². The van der Waals surface area contributed by atoms with E-state index in [2.05, 4.69) is 0 Å². The first-order chi connectivity index (χ1) is 5.27. The first-order valence-corrected chi connectivity index (χ1v) is 3.03. The topological polar surface area (TPSA) is 64.7 Å². The van der Waals surface area contributed by atoms with Gasteiger partial charge in [0.05, 0.1) is 11.6 Å². The lowest BCUT2D eigenvalue weighted by Gasteiger charge is -1.99. The summed E-state index contributed by atoms with van der Waals surface area (Å²) in [7, 11) is 0. The Hall–Kier alpha value is -1.87. The van der Waals surface area contributed by atoms with E-state index in [-0.39, 0.29) is 11.4 Å². The molecule has 0 aromatic carbocycles. The molecule has 0 aromatic heterocycles. The molecule has 0 bridgehead atoms. The van der Waals surface area contributed by atoms with Gasteiger partial charge >= 0.3 is 0 Å². The Balaban J connectivity index is 2.92. The molecule has 1 aliphatic carbocycles. The smallest absolute Gasteiger partial charge is 0.197 e. The first kappa shape index (κ1) is 7.24. The maximum atomic E-state index is 10.9. The molecule has 3 nitrogen and oxygen atoms in total. The van der Waals surface area contributed by atoms with Gasteiger partial charge in [0, 0.05) is 18.1 Å². The molecule has 0 heterocycles. The van der Waals surface area contributed by atoms with Crippen molar-refractivity contribution in [2.45, 2.75) is 6.42 Å². The Morgan fingerprint density at radius 2 is 2.09 bits per heavy atom. The minimum atomic E-state index is -0.365. The molecule has 1 aliphatic rings. The highest BCUT2D eigenvalue weighted by atomic mass is 16.1. The highest BCUT2D eigenvalue weighted by Crippen LogP contribution is 2.12. The zero-order chi connectivity index (χ0) is 8.27. The maximum absolute atomic E-state index is 10.9. The van der Waals surface area contributed by atoms with Crippen molar-refractivity contribution in [3.05, 3.63) is 23.3 Å². The lowest BCUT2D eigenvalue weighted by Crippen LogP contribution is -2.02. The van der Waals surface area contributed by atoms with Gasteiger partial charge in [-0.25, -0.2) is 0 Å².